The standard InChI is InChI=1S/C25H33N9O2/c1-6-16-14-33(10-8-17(16)11-26-23(35)21-30-24(36-31-21)25(2,3)4)22-20-7-9-27-34(20)15-19(29-22)18-12-28-32(5)13-18/h7,9,12-13,15-17H,6,8,10-11,14H2,1-5H3,(H,26,35)/t16-,17+/m1/s1. The Balaban J connectivity index is 1.29. The second-order valence-electron chi connectivity index (χ2n) is 10.6. The molecule has 0 spiro atoms. The van der Waals surface area contributed by atoms with Crippen molar-refractivity contribution in [1.29, 1.82) is 0 Å². The van der Waals surface area contributed by atoms with Crippen LogP contribution in [0.2, 0.25) is 0 Å². The van der Waals surface area contributed by atoms with Crippen LogP contribution in [0.4, 0.5) is 5.82 Å². The van der Waals surface area contributed by atoms with Gasteiger partial charge in [0.25, 0.3) is 11.7 Å². The number of anilines is 1. The van der Waals surface area contributed by atoms with E-state index in [2.05, 4.69) is 37.5 Å². The lowest BCUT2D eigenvalue weighted by Crippen LogP contribution is -2.45. The molecule has 0 unspecified atom stereocenters. The van der Waals surface area contributed by atoms with Gasteiger partial charge in [-0.05, 0) is 24.3 Å². The van der Waals surface area contributed by atoms with Crippen LogP contribution < -0.4 is 10.2 Å². The molecule has 5 heterocycles. The number of aryl methyl sites for hydroxylation is 1. The minimum absolute atomic E-state index is 0.0879. The third-order valence-electron chi connectivity index (χ3n) is 6.88. The Labute approximate surface area is 209 Å². The van der Waals surface area contributed by atoms with E-state index in [4.69, 9.17) is 9.51 Å². The zero-order valence-electron chi connectivity index (χ0n) is 21.5. The zero-order valence-corrected chi connectivity index (χ0v) is 21.5. The van der Waals surface area contributed by atoms with Crippen molar-refractivity contribution >= 4 is 17.2 Å². The van der Waals surface area contributed by atoms with Crippen LogP contribution in [0, 0.1) is 11.8 Å². The molecule has 1 N–H and O–H groups in total. The number of amides is 1. The summed E-state index contributed by atoms with van der Waals surface area (Å²) in [6.07, 6.45) is 9.47. The molecule has 1 amide bonds. The van der Waals surface area contributed by atoms with Crippen LogP contribution in [0.1, 0.15) is 57.0 Å². The maximum Gasteiger partial charge on any atom is 0.292 e. The number of aromatic nitrogens is 7. The Morgan fingerprint density at radius 3 is 2.72 bits per heavy atom. The lowest BCUT2D eigenvalue weighted by Gasteiger charge is -2.39. The van der Waals surface area contributed by atoms with E-state index in [1.54, 1.807) is 10.9 Å². The summed E-state index contributed by atoms with van der Waals surface area (Å²) in [5, 5.41) is 15.7. The van der Waals surface area contributed by atoms with Crippen LogP contribution in [-0.2, 0) is 12.5 Å². The molecule has 2 atom stereocenters. The van der Waals surface area contributed by atoms with Gasteiger partial charge < -0.3 is 14.7 Å². The molecule has 1 saturated heterocycles. The van der Waals surface area contributed by atoms with Crippen LogP contribution in [-0.4, -0.2) is 60.1 Å². The number of carbonyl (C=O) groups is 1. The molecular formula is C25H33N9O2. The van der Waals surface area contributed by atoms with Crippen molar-refractivity contribution in [3.63, 3.8) is 0 Å². The summed E-state index contributed by atoms with van der Waals surface area (Å²) in [6, 6.07) is 2.00. The minimum Gasteiger partial charge on any atom is -0.355 e. The highest BCUT2D eigenvalue weighted by Gasteiger charge is 2.31. The van der Waals surface area contributed by atoms with E-state index in [1.807, 2.05) is 57.0 Å². The number of fused-ring (bicyclic) bond motifs is 1. The highest BCUT2D eigenvalue weighted by molar-refractivity contribution is 5.90. The molecule has 11 heteroatoms. The molecule has 1 aliphatic heterocycles. The second-order valence-corrected chi connectivity index (χ2v) is 10.6. The molecule has 0 aromatic carbocycles. The number of carbonyl (C=O) groups excluding carboxylic acids is 1. The molecule has 4 aromatic rings. The number of hydrogen-bond acceptors (Lipinski definition) is 8. The van der Waals surface area contributed by atoms with Gasteiger partial charge in [-0.3, -0.25) is 9.48 Å². The van der Waals surface area contributed by atoms with E-state index in [0.29, 0.717) is 24.3 Å². The third kappa shape index (κ3) is 4.69. The van der Waals surface area contributed by atoms with Gasteiger partial charge in [-0.1, -0.05) is 39.3 Å². The van der Waals surface area contributed by atoms with Crippen molar-refractivity contribution in [1.82, 2.24) is 39.8 Å². The number of hydrogen-bond donors (Lipinski definition) is 1. The summed E-state index contributed by atoms with van der Waals surface area (Å²) >= 11 is 0. The summed E-state index contributed by atoms with van der Waals surface area (Å²) in [6.45, 7) is 10.4. The zero-order chi connectivity index (χ0) is 25.4. The number of nitrogens with zero attached hydrogens (tertiary/aromatic N) is 8. The highest BCUT2D eigenvalue weighted by atomic mass is 16.5. The van der Waals surface area contributed by atoms with E-state index in [-0.39, 0.29) is 17.1 Å². The molecule has 5 rings (SSSR count). The molecule has 36 heavy (non-hydrogen) atoms. The van der Waals surface area contributed by atoms with Gasteiger partial charge in [0.2, 0.25) is 5.89 Å². The first kappa shape index (κ1) is 24.0. The maximum absolute atomic E-state index is 12.7. The van der Waals surface area contributed by atoms with Crippen LogP contribution in [0.15, 0.2) is 35.4 Å². The smallest absolute Gasteiger partial charge is 0.292 e. The average molecular weight is 492 g/mol. The second kappa shape index (κ2) is 9.36. The van der Waals surface area contributed by atoms with E-state index >= 15 is 0 Å². The van der Waals surface area contributed by atoms with Gasteiger partial charge in [0.15, 0.2) is 5.82 Å². The van der Waals surface area contributed by atoms with Crippen LogP contribution in [0.3, 0.4) is 0 Å². The summed E-state index contributed by atoms with van der Waals surface area (Å²) in [5.74, 6) is 1.94. The first-order valence-electron chi connectivity index (χ1n) is 12.4. The number of nitrogens with one attached hydrogen (secondary N) is 1. The summed E-state index contributed by atoms with van der Waals surface area (Å²) in [4.78, 5) is 24.3. The van der Waals surface area contributed by atoms with Crippen molar-refractivity contribution in [3.8, 4) is 11.3 Å². The van der Waals surface area contributed by atoms with Crippen molar-refractivity contribution < 1.29 is 9.32 Å². The Morgan fingerprint density at radius 2 is 2.03 bits per heavy atom. The van der Waals surface area contributed by atoms with Crippen molar-refractivity contribution in [2.24, 2.45) is 18.9 Å². The van der Waals surface area contributed by atoms with E-state index in [0.717, 1.165) is 48.5 Å². The van der Waals surface area contributed by atoms with Crippen LogP contribution in [0.25, 0.3) is 16.8 Å². The first-order chi connectivity index (χ1) is 17.2. The van der Waals surface area contributed by atoms with Gasteiger partial charge in [0.1, 0.15) is 5.52 Å². The fraction of sp³-hybridized carbons (Fsp3) is 0.520. The monoisotopic (exact) mass is 491 g/mol. The molecular weight excluding hydrogens is 458 g/mol. The SMILES string of the molecule is CC[C@@H]1CN(c2nc(-c3cnn(C)c3)cn3nccc23)CC[C@H]1CNC(=O)c1noc(C(C)(C)C)n1. The van der Waals surface area contributed by atoms with Gasteiger partial charge in [-0.15, -0.1) is 0 Å². The van der Waals surface area contributed by atoms with Gasteiger partial charge in [0, 0.05) is 43.9 Å². The Bertz CT molecular complexity index is 1360. The van der Waals surface area contributed by atoms with Gasteiger partial charge in [0.05, 0.1) is 24.3 Å². The molecule has 4 aromatic heterocycles. The van der Waals surface area contributed by atoms with Gasteiger partial charge in [-0.25, -0.2) is 9.50 Å². The normalized spacial score (nSPS) is 18.6. The van der Waals surface area contributed by atoms with E-state index < -0.39 is 0 Å². The van der Waals surface area contributed by atoms with Gasteiger partial charge in [-0.2, -0.15) is 15.2 Å². The van der Waals surface area contributed by atoms with E-state index in [9.17, 15) is 4.79 Å². The number of piperidine rings is 1. The predicted octanol–water partition coefficient (Wildman–Crippen LogP) is 3.09. The highest BCUT2D eigenvalue weighted by Crippen LogP contribution is 2.32. The molecule has 0 saturated carbocycles. The fourth-order valence-electron chi connectivity index (χ4n) is 4.76. The minimum atomic E-state index is -0.297. The van der Waals surface area contributed by atoms with Crippen molar-refractivity contribution in [2.45, 2.75) is 46.0 Å². The molecule has 11 nitrogen and oxygen atoms in total. The fourth-order valence-corrected chi connectivity index (χ4v) is 4.76. The molecule has 0 aliphatic carbocycles. The van der Waals surface area contributed by atoms with Crippen molar-refractivity contribution in [3.05, 3.63) is 42.6 Å². The summed E-state index contributed by atoms with van der Waals surface area (Å²) in [5.41, 5.74) is 2.48. The summed E-state index contributed by atoms with van der Waals surface area (Å²) in [7, 11) is 1.90. The first-order valence-corrected chi connectivity index (χ1v) is 12.4. The Hall–Kier alpha value is -3.76. The quantitative estimate of drug-likeness (QED) is 0.437. The van der Waals surface area contributed by atoms with Crippen LogP contribution in [0.5, 0.6) is 0 Å². The predicted molar refractivity (Wildman–Crippen MR) is 135 cm³/mol. The van der Waals surface area contributed by atoms with Crippen molar-refractivity contribution in [2.75, 3.05) is 24.5 Å². The molecule has 0 radical (unpaired) electrons. The average Bonchev–Trinajstić information content (AvgIpc) is 3.62. The number of rotatable bonds is 6. The lowest BCUT2D eigenvalue weighted by atomic mass is 9.83. The molecule has 1 fully saturated rings. The Morgan fingerprint density at radius 1 is 1.19 bits per heavy atom. The van der Waals surface area contributed by atoms with Gasteiger partial charge >= 0.3 is 0 Å². The lowest BCUT2D eigenvalue weighted by molar-refractivity contribution is 0.0924. The molecule has 1 aliphatic rings. The maximum atomic E-state index is 12.7. The third-order valence-corrected chi connectivity index (χ3v) is 6.88. The summed E-state index contributed by atoms with van der Waals surface area (Å²) < 4.78 is 8.93. The van der Waals surface area contributed by atoms with Crippen LogP contribution >= 0.6 is 0 Å². The molecule has 0 bridgehead atoms. The van der Waals surface area contributed by atoms with E-state index in [1.165, 1.54) is 0 Å². The molecule has 190 valence electrons. The largest absolute Gasteiger partial charge is 0.355 e. The Kier molecular flexibility index (Phi) is 6.23. The topological polar surface area (TPSA) is 119 Å².